The number of nitro benzene ring substituents is 1. The van der Waals surface area contributed by atoms with E-state index in [0.717, 1.165) is 10.2 Å². The molecule has 1 saturated carbocycles. The minimum absolute atomic E-state index is 0.113. The molecule has 0 heterocycles. The fraction of sp³-hybridized carbons (Fsp3) is 0.571. The van der Waals surface area contributed by atoms with E-state index >= 15 is 0 Å². The van der Waals surface area contributed by atoms with Crippen LogP contribution in [0.5, 0.6) is 0 Å². The van der Waals surface area contributed by atoms with Crippen molar-refractivity contribution < 1.29 is 4.92 Å². The van der Waals surface area contributed by atoms with Gasteiger partial charge in [-0.05, 0) is 46.7 Å². The van der Waals surface area contributed by atoms with E-state index in [1.54, 1.807) is 18.2 Å². The van der Waals surface area contributed by atoms with Gasteiger partial charge >= 0.3 is 0 Å². The number of nitro groups is 1. The average molecular weight is 327 g/mol. The molecule has 2 rings (SSSR count). The van der Waals surface area contributed by atoms with E-state index < -0.39 is 0 Å². The third-order valence-electron chi connectivity index (χ3n) is 4.03. The van der Waals surface area contributed by atoms with E-state index in [2.05, 4.69) is 35.1 Å². The van der Waals surface area contributed by atoms with E-state index in [4.69, 9.17) is 0 Å². The van der Waals surface area contributed by atoms with Crippen LogP contribution in [0.15, 0.2) is 22.7 Å². The number of anilines is 1. The fourth-order valence-corrected chi connectivity index (χ4v) is 3.36. The van der Waals surface area contributed by atoms with Gasteiger partial charge in [-0.15, -0.1) is 0 Å². The molecule has 1 fully saturated rings. The molecule has 19 heavy (non-hydrogen) atoms. The van der Waals surface area contributed by atoms with Crippen LogP contribution in [0.4, 0.5) is 11.4 Å². The second-order valence-corrected chi connectivity index (χ2v) is 6.33. The van der Waals surface area contributed by atoms with E-state index in [1.165, 1.54) is 19.3 Å². The standard InChI is InChI=1S/C14H19BrN2O2/c1-9-4-3-5-10(2)14(9)16-13-7-6-11(17(18)19)8-12(13)15/h6-10,14,16H,3-5H2,1-2H3. The van der Waals surface area contributed by atoms with Crippen LogP contribution in [0.25, 0.3) is 0 Å². The molecule has 1 aliphatic carbocycles. The van der Waals surface area contributed by atoms with Crippen molar-refractivity contribution in [3.05, 3.63) is 32.8 Å². The summed E-state index contributed by atoms with van der Waals surface area (Å²) in [7, 11) is 0. The first-order valence-electron chi connectivity index (χ1n) is 6.69. The highest BCUT2D eigenvalue weighted by molar-refractivity contribution is 9.10. The zero-order valence-electron chi connectivity index (χ0n) is 11.2. The molecule has 1 aromatic carbocycles. The summed E-state index contributed by atoms with van der Waals surface area (Å²) >= 11 is 3.42. The first-order chi connectivity index (χ1) is 8.99. The van der Waals surface area contributed by atoms with Crippen LogP contribution in [0.1, 0.15) is 33.1 Å². The second-order valence-electron chi connectivity index (χ2n) is 5.48. The highest BCUT2D eigenvalue weighted by Crippen LogP contribution is 2.34. The van der Waals surface area contributed by atoms with Gasteiger partial charge in [0.2, 0.25) is 0 Å². The van der Waals surface area contributed by atoms with Crippen molar-refractivity contribution in [3.8, 4) is 0 Å². The monoisotopic (exact) mass is 326 g/mol. The lowest BCUT2D eigenvalue weighted by atomic mass is 9.78. The summed E-state index contributed by atoms with van der Waals surface area (Å²) in [5.74, 6) is 1.26. The number of benzene rings is 1. The molecule has 0 bridgehead atoms. The summed E-state index contributed by atoms with van der Waals surface area (Å²) in [6.07, 6.45) is 3.78. The molecule has 0 radical (unpaired) electrons. The van der Waals surface area contributed by atoms with Crippen LogP contribution in [-0.4, -0.2) is 11.0 Å². The molecular formula is C14H19BrN2O2. The van der Waals surface area contributed by atoms with E-state index in [-0.39, 0.29) is 10.6 Å². The first kappa shape index (κ1) is 14.3. The van der Waals surface area contributed by atoms with E-state index in [0.29, 0.717) is 17.9 Å². The highest BCUT2D eigenvalue weighted by Gasteiger charge is 2.28. The van der Waals surface area contributed by atoms with Gasteiger partial charge in [0.15, 0.2) is 0 Å². The SMILES string of the molecule is CC1CCCC(C)C1Nc1ccc([N+](=O)[O-])cc1Br. The molecule has 0 amide bonds. The molecule has 1 aliphatic rings. The maximum atomic E-state index is 10.7. The van der Waals surface area contributed by atoms with Gasteiger partial charge in [0.25, 0.3) is 5.69 Å². The van der Waals surface area contributed by atoms with Gasteiger partial charge in [-0.25, -0.2) is 0 Å². The van der Waals surface area contributed by atoms with Crippen molar-refractivity contribution in [2.45, 2.75) is 39.2 Å². The van der Waals surface area contributed by atoms with Crippen LogP contribution in [0.3, 0.4) is 0 Å². The molecule has 1 N–H and O–H groups in total. The summed E-state index contributed by atoms with van der Waals surface area (Å²) in [6.45, 7) is 4.54. The van der Waals surface area contributed by atoms with Crippen LogP contribution in [0, 0.1) is 22.0 Å². The predicted octanol–water partition coefficient (Wildman–Crippen LogP) is 4.59. The molecule has 104 valence electrons. The molecule has 0 spiro atoms. The zero-order chi connectivity index (χ0) is 14.0. The Bertz CT molecular complexity index is 469. The molecule has 2 unspecified atom stereocenters. The van der Waals surface area contributed by atoms with Crippen molar-refractivity contribution in [3.63, 3.8) is 0 Å². The van der Waals surface area contributed by atoms with Crippen molar-refractivity contribution in [1.82, 2.24) is 0 Å². The topological polar surface area (TPSA) is 55.2 Å². The molecule has 2 atom stereocenters. The Labute approximate surface area is 121 Å². The lowest BCUT2D eigenvalue weighted by Crippen LogP contribution is -2.37. The van der Waals surface area contributed by atoms with Gasteiger partial charge < -0.3 is 5.32 Å². The lowest BCUT2D eigenvalue weighted by molar-refractivity contribution is -0.384. The van der Waals surface area contributed by atoms with Crippen LogP contribution < -0.4 is 5.32 Å². The normalized spacial score (nSPS) is 27.0. The number of rotatable bonds is 3. The molecule has 4 nitrogen and oxygen atoms in total. The van der Waals surface area contributed by atoms with Gasteiger partial charge in [0.1, 0.15) is 0 Å². The quantitative estimate of drug-likeness (QED) is 0.652. The summed E-state index contributed by atoms with van der Waals surface area (Å²) in [4.78, 5) is 10.3. The number of hydrogen-bond acceptors (Lipinski definition) is 3. The molecule has 0 aliphatic heterocycles. The van der Waals surface area contributed by atoms with Crippen LogP contribution in [0.2, 0.25) is 0 Å². The zero-order valence-corrected chi connectivity index (χ0v) is 12.8. The minimum Gasteiger partial charge on any atom is -0.381 e. The summed E-state index contributed by atoms with van der Waals surface area (Å²) in [5.41, 5.74) is 1.05. The number of non-ortho nitro benzene ring substituents is 1. The number of nitrogens with one attached hydrogen (secondary N) is 1. The maximum absolute atomic E-state index is 10.7. The predicted molar refractivity (Wildman–Crippen MR) is 80.4 cm³/mol. The third-order valence-corrected chi connectivity index (χ3v) is 4.69. The van der Waals surface area contributed by atoms with Gasteiger partial charge in [0.05, 0.1) is 4.92 Å². The molecule has 0 saturated heterocycles. The Kier molecular flexibility index (Phi) is 4.45. The molecular weight excluding hydrogens is 308 g/mol. The second kappa shape index (κ2) is 5.90. The number of halogens is 1. The Morgan fingerprint density at radius 3 is 2.47 bits per heavy atom. The molecule has 0 aromatic heterocycles. The van der Waals surface area contributed by atoms with Crippen LogP contribution in [-0.2, 0) is 0 Å². The van der Waals surface area contributed by atoms with Gasteiger partial charge in [0, 0.05) is 28.3 Å². The van der Waals surface area contributed by atoms with Crippen molar-refractivity contribution >= 4 is 27.3 Å². The Morgan fingerprint density at radius 1 is 1.32 bits per heavy atom. The molecule has 1 aromatic rings. The van der Waals surface area contributed by atoms with Crippen LogP contribution >= 0.6 is 15.9 Å². The van der Waals surface area contributed by atoms with Gasteiger partial charge in [-0.2, -0.15) is 0 Å². The minimum atomic E-state index is -0.375. The largest absolute Gasteiger partial charge is 0.381 e. The lowest BCUT2D eigenvalue weighted by Gasteiger charge is -2.36. The Morgan fingerprint density at radius 2 is 1.95 bits per heavy atom. The number of hydrogen-bond donors (Lipinski definition) is 1. The smallest absolute Gasteiger partial charge is 0.270 e. The Balaban J connectivity index is 2.16. The molecule has 5 heteroatoms. The van der Waals surface area contributed by atoms with Gasteiger partial charge in [-0.1, -0.05) is 20.3 Å². The number of nitrogens with zero attached hydrogens (tertiary/aromatic N) is 1. The van der Waals surface area contributed by atoms with Gasteiger partial charge in [-0.3, -0.25) is 10.1 Å². The van der Waals surface area contributed by atoms with E-state index in [9.17, 15) is 10.1 Å². The van der Waals surface area contributed by atoms with Crippen molar-refractivity contribution in [2.75, 3.05) is 5.32 Å². The van der Waals surface area contributed by atoms with Crippen molar-refractivity contribution in [2.24, 2.45) is 11.8 Å². The summed E-state index contributed by atoms with van der Waals surface area (Å²) < 4.78 is 0.756. The average Bonchev–Trinajstić information content (AvgIpc) is 2.35. The highest BCUT2D eigenvalue weighted by atomic mass is 79.9. The summed E-state index contributed by atoms with van der Waals surface area (Å²) in [6, 6.07) is 5.33. The van der Waals surface area contributed by atoms with E-state index in [1.807, 2.05) is 0 Å². The third kappa shape index (κ3) is 3.26. The Hall–Kier alpha value is -1.10. The fourth-order valence-electron chi connectivity index (χ4n) is 2.88. The summed E-state index contributed by atoms with van der Waals surface area (Å²) in [5, 5.41) is 14.3. The first-order valence-corrected chi connectivity index (χ1v) is 7.49. The van der Waals surface area contributed by atoms with Crippen molar-refractivity contribution in [1.29, 1.82) is 0 Å². The maximum Gasteiger partial charge on any atom is 0.270 e.